The van der Waals surface area contributed by atoms with Crippen molar-refractivity contribution in [2.24, 2.45) is 0 Å². The molecule has 3 rings (SSSR count). The van der Waals surface area contributed by atoms with E-state index in [1.165, 1.54) is 0 Å². The van der Waals surface area contributed by atoms with E-state index in [-0.39, 0.29) is 0 Å². The van der Waals surface area contributed by atoms with Gasteiger partial charge in [0, 0.05) is 11.1 Å². The van der Waals surface area contributed by atoms with Gasteiger partial charge in [0.15, 0.2) is 11.5 Å². The first kappa shape index (κ1) is 18.4. The fourth-order valence-electron chi connectivity index (χ4n) is 2.93. The van der Waals surface area contributed by atoms with Crippen molar-refractivity contribution >= 4 is 15.9 Å². The van der Waals surface area contributed by atoms with Gasteiger partial charge in [0.2, 0.25) is 0 Å². The smallest absolute Gasteiger partial charge is 0.161 e. The quantitative estimate of drug-likeness (QED) is 0.509. The predicted octanol–water partition coefficient (Wildman–Crippen LogP) is 6.02. The van der Waals surface area contributed by atoms with Crippen LogP contribution in [-0.2, 0) is 0 Å². The highest BCUT2D eigenvalue weighted by Gasteiger charge is 2.19. The molecule has 0 unspecified atom stereocenters. The zero-order valence-electron chi connectivity index (χ0n) is 15.5. The van der Waals surface area contributed by atoms with E-state index < -0.39 is 0 Å². The number of methoxy groups -OCH3 is 3. The maximum atomic E-state index is 6.26. The number of furan rings is 1. The van der Waals surface area contributed by atoms with E-state index in [1.807, 2.05) is 36.4 Å². The summed E-state index contributed by atoms with van der Waals surface area (Å²) < 4.78 is 23.2. The second kappa shape index (κ2) is 7.46. The molecule has 3 aromatic rings. The van der Waals surface area contributed by atoms with E-state index in [0.717, 1.165) is 44.0 Å². The van der Waals surface area contributed by atoms with E-state index in [9.17, 15) is 0 Å². The molecule has 0 radical (unpaired) electrons. The van der Waals surface area contributed by atoms with Gasteiger partial charge in [-0.2, -0.15) is 0 Å². The number of hydrogen-bond donors (Lipinski definition) is 0. The second-order valence-electron chi connectivity index (χ2n) is 5.93. The summed E-state index contributed by atoms with van der Waals surface area (Å²) in [6.45, 7) is 4.13. The molecule has 26 heavy (non-hydrogen) atoms. The van der Waals surface area contributed by atoms with E-state index in [4.69, 9.17) is 18.6 Å². The van der Waals surface area contributed by atoms with E-state index in [0.29, 0.717) is 11.5 Å². The Balaban J connectivity index is 2.09. The molecule has 0 aliphatic heterocycles. The molecule has 1 heterocycles. The third-order valence-electron chi connectivity index (χ3n) is 4.51. The topological polar surface area (TPSA) is 40.8 Å². The van der Waals surface area contributed by atoms with E-state index >= 15 is 0 Å². The molecule has 1 aromatic heterocycles. The molecule has 136 valence electrons. The van der Waals surface area contributed by atoms with Crippen LogP contribution in [0.25, 0.3) is 22.6 Å². The van der Waals surface area contributed by atoms with Crippen LogP contribution >= 0.6 is 15.9 Å². The van der Waals surface area contributed by atoms with Gasteiger partial charge >= 0.3 is 0 Å². The predicted molar refractivity (Wildman–Crippen MR) is 106 cm³/mol. The number of halogens is 1. The largest absolute Gasteiger partial charge is 0.496 e. The zero-order valence-corrected chi connectivity index (χ0v) is 17.1. The fraction of sp³-hybridized carbons (Fsp3) is 0.238. The molecule has 2 aromatic carbocycles. The van der Waals surface area contributed by atoms with Gasteiger partial charge in [-0.3, -0.25) is 0 Å². The van der Waals surface area contributed by atoms with E-state index in [2.05, 4.69) is 29.8 Å². The molecule has 0 spiro atoms. The van der Waals surface area contributed by atoms with Crippen LogP contribution in [-0.4, -0.2) is 21.3 Å². The Bertz CT molecular complexity index is 943. The lowest BCUT2D eigenvalue weighted by Gasteiger charge is -2.09. The molecule has 0 aliphatic carbocycles. The average Bonchev–Trinajstić information content (AvgIpc) is 2.96. The van der Waals surface area contributed by atoms with Gasteiger partial charge in [0.1, 0.15) is 17.3 Å². The Labute approximate surface area is 161 Å². The average molecular weight is 417 g/mol. The molecule has 0 saturated carbocycles. The van der Waals surface area contributed by atoms with Crippen LogP contribution in [0, 0.1) is 13.8 Å². The summed E-state index contributed by atoms with van der Waals surface area (Å²) in [6, 6.07) is 11.7. The van der Waals surface area contributed by atoms with Gasteiger partial charge in [-0.05, 0) is 77.3 Å². The molecular formula is C21H21BrO4. The number of rotatable bonds is 5. The van der Waals surface area contributed by atoms with Crippen LogP contribution in [0.15, 0.2) is 45.3 Å². The number of ether oxygens (including phenoxy) is 3. The van der Waals surface area contributed by atoms with Crippen molar-refractivity contribution in [3.05, 3.63) is 52.0 Å². The summed E-state index contributed by atoms with van der Waals surface area (Å²) in [7, 11) is 4.90. The highest BCUT2D eigenvalue weighted by atomic mass is 79.9. The zero-order chi connectivity index (χ0) is 18.8. The molecule has 4 nitrogen and oxygen atoms in total. The highest BCUT2D eigenvalue weighted by molar-refractivity contribution is 9.10. The Hall–Kier alpha value is -2.40. The first-order valence-electron chi connectivity index (χ1n) is 8.16. The van der Waals surface area contributed by atoms with Crippen molar-refractivity contribution in [2.75, 3.05) is 21.3 Å². The lowest BCUT2D eigenvalue weighted by atomic mass is 10.0. The van der Waals surface area contributed by atoms with Gasteiger partial charge in [0.25, 0.3) is 0 Å². The maximum Gasteiger partial charge on any atom is 0.161 e. The van der Waals surface area contributed by atoms with Crippen molar-refractivity contribution in [3.63, 3.8) is 0 Å². The van der Waals surface area contributed by atoms with Gasteiger partial charge in [-0.15, -0.1) is 0 Å². The first-order chi connectivity index (χ1) is 12.5. The SMILES string of the molecule is COc1ccc(-c2oc(-c3ccc(OC)c(OC)c3)c(C)c2C)cc1Br. The van der Waals surface area contributed by atoms with Crippen LogP contribution < -0.4 is 14.2 Å². The number of hydrogen-bond acceptors (Lipinski definition) is 4. The Kier molecular flexibility index (Phi) is 5.28. The molecule has 0 saturated heterocycles. The lowest BCUT2D eigenvalue weighted by molar-refractivity contribution is 0.355. The van der Waals surface area contributed by atoms with Gasteiger partial charge in [-0.25, -0.2) is 0 Å². The van der Waals surface area contributed by atoms with Crippen LogP contribution in [0.1, 0.15) is 11.1 Å². The third-order valence-corrected chi connectivity index (χ3v) is 5.13. The summed E-state index contributed by atoms with van der Waals surface area (Å²) in [4.78, 5) is 0. The summed E-state index contributed by atoms with van der Waals surface area (Å²) in [5.74, 6) is 3.82. The molecule has 0 amide bonds. The molecule has 5 heteroatoms. The second-order valence-corrected chi connectivity index (χ2v) is 6.78. The Morgan fingerprint density at radius 1 is 0.692 bits per heavy atom. The highest BCUT2D eigenvalue weighted by Crippen LogP contribution is 2.40. The minimum absolute atomic E-state index is 0.673. The third kappa shape index (κ3) is 3.19. The van der Waals surface area contributed by atoms with Crippen molar-refractivity contribution in [1.82, 2.24) is 0 Å². The van der Waals surface area contributed by atoms with Gasteiger partial charge < -0.3 is 18.6 Å². The van der Waals surface area contributed by atoms with Crippen molar-refractivity contribution < 1.29 is 18.6 Å². The van der Waals surface area contributed by atoms with Crippen molar-refractivity contribution in [2.45, 2.75) is 13.8 Å². The Morgan fingerprint density at radius 2 is 1.19 bits per heavy atom. The molecule has 0 aliphatic rings. The summed E-state index contributed by atoms with van der Waals surface area (Å²) in [5, 5.41) is 0. The number of benzene rings is 2. The van der Waals surface area contributed by atoms with Gasteiger partial charge in [-0.1, -0.05) is 0 Å². The molecule has 0 fully saturated rings. The normalized spacial score (nSPS) is 10.7. The van der Waals surface area contributed by atoms with Crippen LogP contribution in [0.3, 0.4) is 0 Å². The first-order valence-corrected chi connectivity index (χ1v) is 8.95. The molecule has 0 bridgehead atoms. The fourth-order valence-corrected chi connectivity index (χ4v) is 3.47. The molecule has 0 N–H and O–H groups in total. The molecular weight excluding hydrogens is 396 g/mol. The van der Waals surface area contributed by atoms with Crippen LogP contribution in [0.4, 0.5) is 0 Å². The monoisotopic (exact) mass is 416 g/mol. The molecule has 0 atom stereocenters. The summed E-state index contributed by atoms with van der Waals surface area (Å²) in [6.07, 6.45) is 0. The van der Waals surface area contributed by atoms with Crippen LogP contribution in [0.2, 0.25) is 0 Å². The van der Waals surface area contributed by atoms with Crippen molar-refractivity contribution in [3.8, 4) is 39.9 Å². The van der Waals surface area contributed by atoms with Crippen LogP contribution in [0.5, 0.6) is 17.2 Å². The minimum Gasteiger partial charge on any atom is -0.496 e. The minimum atomic E-state index is 0.673. The lowest BCUT2D eigenvalue weighted by Crippen LogP contribution is -1.90. The van der Waals surface area contributed by atoms with Crippen molar-refractivity contribution in [1.29, 1.82) is 0 Å². The van der Waals surface area contributed by atoms with Gasteiger partial charge in [0.05, 0.1) is 25.8 Å². The van der Waals surface area contributed by atoms with E-state index in [1.54, 1.807) is 21.3 Å². The summed E-state index contributed by atoms with van der Waals surface area (Å²) >= 11 is 3.54. The standard InChI is InChI=1S/C21H21BrO4/c1-12-13(2)21(15-7-9-18(24-4)19(11-15)25-5)26-20(12)14-6-8-17(23-3)16(22)10-14/h6-11H,1-5H3. The maximum absolute atomic E-state index is 6.26. The Morgan fingerprint density at radius 3 is 1.69 bits per heavy atom. The summed E-state index contributed by atoms with van der Waals surface area (Å²) in [5.41, 5.74) is 4.14.